The Labute approximate surface area is 121 Å². The lowest BCUT2D eigenvalue weighted by Crippen LogP contribution is -2.39. The topological polar surface area (TPSA) is 20.3 Å². The summed E-state index contributed by atoms with van der Waals surface area (Å²) in [6, 6.07) is 2.95. The summed E-state index contributed by atoms with van der Waals surface area (Å²) in [5.74, 6) is -0.505. The van der Waals surface area contributed by atoms with Gasteiger partial charge >= 0.3 is 6.18 Å². The van der Waals surface area contributed by atoms with Crippen LogP contribution < -0.4 is 0 Å². The molecule has 20 heavy (non-hydrogen) atoms. The van der Waals surface area contributed by atoms with Gasteiger partial charge in [0.25, 0.3) is 5.91 Å². The molecule has 1 heterocycles. The van der Waals surface area contributed by atoms with Crippen molar-refractivity contribution in [1.29, 1.82) is 0 Å². The van der Waals surface area contributed by atoms with E-state index in [2.05, 4.69) is 15.9 Å². The van der Waals surface area contributed by atoms with Gasteiger partial charge in [0, 0.05) is 17.6 Å². The highest BCUT2D eigenvalue weighted by Crippen LogP contribution is 2.32. The van der Waals surface area contributed by atoms with Gasteiger partial charge in [0.1, 0.15) is 6.17 Å². The lowest BCUT2D eigenvalue weighted by molar-refractivity contribution is -0.137. The van der Waals surface area contributed by atoms with Crippen molar-refractivity contribution in [3.05, 3.63) is 33.8 Å². The van der Waals surface area contributed by atoms with Crippen molar-refractivity contribution < 1.29 is 22.4 Å². The molecule has 1 aromatic carbocycles. The summed E-state index contributed by atoms with van der Waals surface area (Å²) in [5, 5.41) is 0. The fourth-order valence-corrected chi connectivity index (χ4v) is 2.50. The Bertz CT molecular complexity index is 510. The Morgan fingerprint density at radius 2 is 1.85 bits per heavy atom. The summed E-state index contributed by atoms with van der Waals surface area (Å²) in [6.07, 6.45) is -4.99. The van der Waals surface area contributed by atoms with Crippen LogP contribution in [0.15, 0.2) is 22.7 Å². The van der Waals surface area contributed by atoms with E-state index in [1.54, 1.807) is 0 Å². The third kappa shape index (κ3) is 3.31. The van der Waals surface area contributed by atoms with Crippen molar-refractivity contribution in [1.82, 2.24) is 4.90 Å². The number of carbonyl (C=O) groups excluding carboxylic acids is 1. The molecule has 0 unspecified atom stereocenters. The van der Waals surface area contributed by atoms with Crippen LogP contribution in [-0.4, -0.2) is 30.1 Å². The Balaban J connectivity index is 2.25. The zero-order valence-electron chi connectivity index (χ0n) is 10.4. The number of carbonyl (C=O) groups is 1. The summed E-state index contributed by atoms with van der Waals surface area (Å²) < 4.78 is 51.3. The van der Waals surface area contributed by atoms with E-state index >= 15 is 0 Å². The number of halogens is 5. The lowest BCUT2D eigenvalue weighted by Gasteiger charge is -2.29. The molecule has 1 aromatic rings. The summed E-state index contributed by atoms with van der Waals surface area (Å²) in [5.41, 5.74) is -0.915. The molecule has 1 aliphatic heterocycles. The second-order valence-electron chi connectivity index (χ2n) is 4.66. The van der Waals surface area contributed by atoms with E-state index in [-0.39, 0.29) is 31.5 Å². The molecule has 0 aliphatic carbocycles. The van der Waals surface area contributed by atoms with Crippen LogP contribution in [0.2, 0.25) is 0 Å². The Morgan fingerprint density at radius 1 is 1.25 bits per heavy atom. The zero-order chi connectivity index (χ0) is 14.9. The van der Waals surface area contributed by atoms with Crippen LogP contribution in [0.3, 0.4) is 0 Å². The number of nitrogens with zero attached hydrogens (tertiary/aromatic N) is 1. The predicted molar refractivity (Wildman–Crippen MR) is 69.2 cm³/mol. The molecule has 0 N–H and O–H groups in total. The van der Waals surface area contributed by atoms with Gasteiger partial charge < -0.3 is 4.90 Å². The van der Waals surface area contributed by atoms with Crippen molar-refractivity contribution in [3.63, 3.8) is 0 Å². The van der Waals surface area contributed by atoms with Gasteiger partial charge in [-0.15, -0.1) is 0 Å². The molecule has 110 valence electrons. The Kier molecular flexibility index (Phi) is 4.36. The maximum Gasteiger partial charge on any atom is 0.416 e. The standard InChI is InChI=1S/C13H12BrF4NO/c14-11-2-1-8(13(16,17)18)7-10(11)12(20)19-5-3-9(15)4-6-19/h1-2,7,9H,3-6H2. The molecule has 0 spiro atoms. The lowest BCUT2D eigenvalue weighted by atomic mass is 10.1. The fraction of sp³-hybridized carbons (Fsp3) is 0.462. The molecule has 1 aliphatic rings. The molecule has 0 aromatic heterocycles. The number of alkyl halides is 4. The van der Waals surface area contributed by atoms with Crippen LogP contribution in [0, 0.1) is 0 Å². The van der Waals surface area contributed by atoms with E-state index in [0.29, 0.717) is 4.47 Å². The molecular weight excluding hydrogens is 342 g/mol. The van der Waals surface area contributed by atoms with E-state index < -0.39 is 23.8 Å². The van der Waals surface area contributed by atoms with E-state index in [4.69, 9.17) is 0 Å². The summed E-state index contributed by atoms with van der Waals surface area (Å²) in [7, 11) is 0. The highest BCUT2D eigenvalue weighted by Gasteiger charge is 2.32. The largest absolute Gasteiger partial charge is 0.416 e. The van der Waals surface area contributed by atoms with Crippen molar-refractivity contribution in [2.75, 3.05) is 13.1 Å². The average Bonchev–Trinajstić information content (AvgIpc) is 2.38. The second kappa shape index (κ2) is 5.71. The molecule has 0 radical (unpaired) electrons. The van der Waals surface area contributed by atoms with E-state index in [0.717, 1.165) is 12.1 Å². The van der Waals surface area contributed by atoms with Crippen LogP contribution in [0.5, 0.6) is 0 Å². The highest BCUT2D eigenvalue weighted by atomic mass is 79.9. The minimum absolute atomic E-state index is 0.0443. The number of rotatable bonds is 1. The van der Waals surface area contributed by atoms with E-state index in [1.165, 1.54) is 11.0 Å². The molecule has 1 saturated heterocycles. The third-order valence-electron chi connectivity index (χ3n) is 3.24. The van der Waals surface area contributed by atoms with Gasteiger partial charge in [-0.05, 0) is 47.0 Å². The first-order valence-electron chi connectivity index (χ1n) is 6.09. The van der Waals surface area contributed by atoms with Gasteiger partial charge in [0.2, 0.25) is 0 Å². The average molecular weight is 354 g/mol. The smallest absolute Gasteiger partial charge is 0.338 e. The van der Waals surface area contributed by atoms with Gasteiger partial charge in [0.15, 0.2) is 0 Å². The SMILES string of the molecule is O=C(c1cc(C(F)(F)F)ccc1Br)N1CCC(F)CC1. The quantitative estimate of drug-likeness (QED) is 0.697. The first-order valence-corrected chi connectivity index (χ1v) is 6.88. The molecule has 2 rings (SSSR count). The van der Waals surface area contributed by atoms with Gasteiger partial charge in [-0.1, -0.05) is 0 Å². The highest BCUT2D eigenvalue weighted by molar-refractivity contribution is 9.10. The van der Waals surface area contributed by atoms with E-state index in [1.807, 2.05) is 0 Å². The molecule has 0 bridgehead atoms. The number of amides is 1. The molecule has 7 heteroatoms. The molecule has 2 nitrogen and oxygen atoms in total. The molecule has 1 fully saturated rings. The van der Waals surface area contributed by atoms with Crippen molar-refractivity contribution >= 4 is 21.8 Å². The zero-order valence-corrected chi connectivity index (χ0v) is 12.0. The summed E-state index contributed by atoms with van der Waals surface area (Å²) in [6.45, 7) is 0.450. The normalized spacial score (nSPS) is 17.4. The maximum absolute atomic E-state index is 13.0. The molecule has 0 saturated carbocycles. The molecular formula is C13H12BrF4NO. The first kappa shape index (κ1) is 15.3. The monoisotopic (exact) mass is 353 g/mol. The number of hydrogen-bond acceptors (Lipinski definition) is 1. The molecule has 0 atom stereocenters. The maximum atomic E-state index is 13.0. The van der Waals surface area contributed by atoms with E-state index in [9.17, 15) is 22.4 Å². The Morgan fingerprint density at radius 3 is 2.40 bits per heavy atom. The van der Waals surface area contributed by atoms with Crippen LogP contribution in [-0.2, 0) is 6.18 Å². The minimum Gasteiger partial charge on any atom is -0.338 e. The van der Waals surface area contributed by atoms with Crippen molar-refractivity contribution in [2.45, 2.75) is 25.2 Å². The van der Waals surface area contributed by atoms with Gasteiger partial charge in [-0.3, -0.25) is 4.79 Å². The fourth-order valence-electron chi connectivity index (χ4n) is 2.09. The number of benzene rings is 1. The van der Waals surface area contributed by atoms with Gasteiger partial charge in [-0.25, -0.2) is 4.39 Å². The van der Waals surface area contributed by atoms with Crippen molar-refractivity contribution in [2.24, 2.45) is 0 Å². The van der Waals surface area contributed by atoms with Crippen LogP contribution in [0.1, 0.15) is 28.8 Å². The summed E-state index contributed by atoms with van der Waals surface area (Å²) in [4.78, 5) is 13.6. The summed E-state index contributed by atoms with van der Waals surface area (Å²) >= 11 is 3.09. The number of hydrogen-bond donors (Lipinski definition) is 0. The molecule has 1 amide bonds. The van der Waals surface area contributed by atoms with Crippen LogP contribution in [0.4, 0.5) is 17.6 Å². The predicted octanol–water partition coefficient (Wildman–Crippen LogP) is 4.04. The Hall–Kier alpha value is -1.11. The minimum atomic E-state index is -4.50. The van der Waals surface area contributed by atoms with Crippen LogP contribution in [0.25, 0.3) is 0 Å². The first-order chi connectivity index (χ1) is 9.29. The van der Waals surface area contributed by atoms with Crippen LogP contribution >= 0.6 is 15.9 Å². The van der Waals surface area contributed by atoms with Crippen molar-refractivity contribution in [3.8, 4) is 0 Å². The third-order valence-corrected chi connectivity index (χ3v) is 3.93. The van der Waals surface area contributed by atoms with Gasteiger partial charge in [-0.2, -0.15) is 13.2 Å². The number of likely N-dealkylation sites (tertiary alicyclic amines) is 1. The van der Waals surface area contributed by atoms with Gasteiger partial charge in [0.05, 0.1) is 11.1 Å². The number of piperidine rings is 1. The second-order valence-corrected chi connectivity index (χ2v) is 5.51.